The molecule has 0 amide bonds. The van der Waals surface area contributed by atoms with Gasteiger partial charge in [-0.1, -0.05) is 27.5 Å². The first-order valence-corrected chi connectivity index (χ1v) is 7.70. The lowest BCUT2D eigenvalue weighted by Crippen LogP contribution is -2.49. The Balaban J connectivity index is 1.68. The zero-order valence-corrected chi connectivity index (χ0v) is 12.6. The predicted molar refractivity (Wildman–Crippen MR) is 78.3 cm³/mol. The Labute approximate surface area is 121 Å². The van der Waals surface area contributed by atoms with Crippen LogP contribution in [0.25, 0.3) is 0 Å². The van der Waals surface area contributed by atoms with E-state index >= 15 is 0 Å². The minimum absolute atomic E-state index is 0.178. The van der Waals surface area contributed by atoms with Crippen molar-refractivity contribution < 1.29 is 4.74 Å². The molecular formula is C14H17BrClNO. The maximum absolute atomic E-state index is 6.24. The van der Waals surface area contributed by atoms with Crippen molar-refractivity contribution in [3.63, 3.8) is 0 Å². The second-order valence-corrected chi connectivity index (χ2v) is 6.67. The van der Waals surface area contributed by atoms with Crippen molar-refractivity contribution in [3.05, 3.63) is 27.7 Å². The van der Waals surface area contributed by atoms with Crippen LogP contribution < -0.4 is 5.32 Å². The molecule has 4 heteroatoms. The second kappa shape index (κ2) is 5.03. The van der Waals surface area contributed by atoms with E-state index in [1.165, 1.54) is 19.3 Å². The molecule has 2 aliphatic rings. The zero-order valence-electron chi connectivity index (χ0n) is 10.2. The SMILES string of the molecule is Clc1cc(Br)ccc1NC1CCOC2(CCC2)C1. The van der Waals surface area contributed by atoms with Gasteiger partial charge in [0.05, 0.1) is 16.3 Å². The smallest absolute Gasteiger partial charge is 0.0702 e. The molecular weight excluding hydrogens is 314 g/mol. The van der Waals surface area contributed by atoms with Crippen LogP contribution in [0.15, 0.2) is 22.7 Å². The number of hydrogen-bond donors (Lipinski definition) is 1. The van der Waals surface area contributed by atoms with E-state index in [2.05, 4.69) is 21.2 Å². The van der Waals surface area contributed by atoms with Crippen molar-refractivity contribution in [1.82, 2.24) is 0 Å². The fourth-order valence-corrected chi connectivity index (χ4v) is 3.62. The molecule has 2 nitrogen and oxygen atoms in total. The highest BCUT2D eigenvalue weighted by atomic mass is 79.9. The number of hydrogen-bond acceptors (Lipinski definition) is 2. The van der Waals surface area contributed by atoms with E-state index in [0.717, 1.165) is 34.6 Å². The lowest BCUT2D eigenvalue weighted by Gasteiger charge is -2.47. The maximum Gasteiger partial charge on any atom is 0.0702 e. The summed E-state index contributed by atoms with van der Waals surface area (Å²) in [7, 11) is 0. The molecule has 2 fully saturated rings. The maximum atomic E-state index is 6.24. The molecule has 0 radical (unpaired) electrons. The fraction of sp³-hybridized carbons (Fsp3) is 0.571. The molecule has 1 spiro atoms. The molecule has 0 aromatic heterocycles. The predicted octanol–water partition coefficient (Wildman–Crippen LogP) is 4.62. The van der Waals surface area contributed by atoms with Gasteiger partial charge in [-0.25, -0.2) is 0 Å². The molecule has 3 rings (SSSR count). The fourth-order valence-electron chi connectivity index (χ4n) is 2.90. The van der Waals surface area contributed by atoms with E-state index in [0.29, 0.717) is 6.04 Å². The summed E-state index contributed by atoms with van der Waals surface area (Å²) in [6, 6.07) is 6.47. The molecule has 0 bridgehead atoms. The van der Waals surface area contributed by atoms with Crippen LogP contribution in [0.3, 0.4) is 0 Å². The quantitative estimate of drug-likeness (QED) is 0.854. The lowest BCUT2D eigenvalue weighted by molar-refractivity contribution is -0.130. The average molecular weight is 331 g/mol. The standard InChI is InChI=1S/C14H17BrClNO/c15-10-2-3-13(12(16)8-10)17-11-4-7-18-14(9-11)5-1-6-14/h2-3,8,11,17H,1,4-7,9H2. The van der Waals surface area contributed by atoms with Crippen LogP contribution in [0.2, 0.25) is 5.02 Å². The minimum Gasteiger partial charge on any atom is -0.381 e. The molecule has 1 unspecified atom stereocenters. The van der Waals surface area contributed by atoms with Gasteiger partial charge < -0.3 is 10.1 Å². The molecule has 1 saturated carbocycles. The van der Waals surface area contributed by atoms with E-state index in [1.807, 2.05) is 18.2 Å². The Bertz CT molecular complexity index is 447. The summed E-state index contributed by atoms with van der Waals surface area (Å²) < 4.78 is 6.95. The summed E-state index contributed by atoms with van der Waals surface area (Å²) in [6.45, 7) is 0.867. The second-order valence-electron chi connectivity index (χ2n) is 5.34. The van der Waals surface area contributed by atoms with Crippen LogP contribution in [0.4, 0.5) is 5.69 Å². The monoisotopic (exact) mass is 329 g/mol. The van der Waals surface area contributed by atoms with Crippen molar-refractivity contribution in [1.29, 1.82) is 0 Å². The van der Waals surface area contributed by atoms with Crippen LogP contribution in [0, 0.1) is 0 Å². The van der Waals surface area contributed by atoms with Gasteiger partial charge in [-0.3, -0.25) is 0 Å². The van der Waals surface area contributed by atoms with Crippen molar-refractivity contribution in [2.24, 2.45) is 0 Å². The van der Waals surface area contributed by atoms with Gasteiger partial charge in [0.1, 0.15) is 0 Å². The summed E-state index contributed by atoms with van der Waals surface area (Å²) in [5.41, 5.74) is 1.21. The molecule has 18 heavy (non-hydrogen) atoms. The summed E-state index contributed by atoms with van der Waals surface area (Å²) in [4.78, 5) is 0. The molecule has 98 valence electrons. The van der Waals surface area contributed by atoms with Crippen LogP contribution in [0.5, 0.6) is 0 Å². The highest BCUT2D eigenvalue weighted by molar-refractivity contribution is 9.10. The van der Waals surface area contributed by atoms with Crippen LogP contribution in [-0.4, -0.2) is 18.2 Å². The number of anilines is 1. The van der Waals surface area contributed by atoms with E-state index in [1.54, 1.807) is 0 Å². The summed E-state index contributed by atoms with van der Waals surface area (Å²) >= 11 is 9.67. The van der Waals surface area contributed by atoms with E-state index in [-0.39, 0.29) is 5.60 Å². The number of benzene rings is 1. The zero-order chi connectivity index (χ0) is 12.6. The van der Waals surface area contributed by atoms with Crippen LogP contribution in [-0.2, 0) is 4.74 Å². The van der Waals surface area contributed by atoms with Crippen molar-refractivity contribution in [2.45, 2.75) is 43.7 Å². The Morgan fingerprint density at radius 3 is 2.89 bits per heavy atom. The van der Waals surface area contributed by atoms with Crippen LogP contribution >= 0.6 is 27.5 Å². The van der Waals surface area contributed by atoms with Gasteiger partial charge in [0.15, 0.2) is 0 Å². The number of rotatable bonds is 2. The van der Waals surface area contributed by atoms with Crippen molar-refractivity contribution in [3.8, 4) is 0 Å². The summed E-state index contributed by atoms with van der Waals surface area (Å²) in [6.07, 6.45) is 5.93. The third-order valence-corrected chi connectivity index (χ3v) is 4.85. The van der Waals surface area contributed by atoms with Gasteiger partial charge in [0, 0.05) is 17.1 Å². The summed E-state index contributed by atoms with van der Waals surface area (Å²) in [5, 5.41) is 4.34. The van der Waals surface area contributed by atoms with Crippen LogP contribution in [0.1, 0.15) is 32.1 Å². The average Bonchev–Trinajstić information content (AvgIpc) is 2.31. The normalized spacial score (nSPS) is 25.8. The Morgan fingerprint density at radius 2 is 2.22 bits per heavy atom. The lowest BCUT2D eigenvalue weighted by atomic mass is 9.74. The van der Waals surface area contributed by atoms with Gasteiger partial charge in [-0.2, -0.15) is 0 Å². The van der Waals surface area contributed by atoms with Crippen molar-refractivity contribution >= 4 is 33.2 Å². The van der Waals surface area contributed by atoms with Crippen molar-refractivity contribution in [2.75, 3.05) is 11.9 Å². The van der Waals surface area contributed by atoms with Gasteiger partial charge in [0.2, 0.25) is 0 Å². The molecule has 1 heterocycles. The number of ether oxygens (including phenoxy) is 1. The first-order valence-electron chi connectivity index (χ1n) is 6.52. The van der Waals surface area contributed by atoms with Gasteiger partial charge in [-0.15, -0.1) is 0 Å². The highest BCUT2D eigenvalue weighted by Gasteiger charge is 2.42. The van der Waals surface area contributed by atoms with Gasteiger partial charge in [0.25, 0.3) is 0 Å². The first kappa shape index (κ1) is 12.8. The Hall–Kier alpha value is -0.250. The largest absolute Gasteiger partial charge is 0.381 e. The van der Waals surface area contributed by atoms with Gasteiger partial charge >= 0.3 is 0 Å². The minimum atomic E-state index is 0.178. The molecule has 1 saturated heterocycles. The summed E-state index contributed by atoms with van der Waals surface area (Å²) in [5.74, 6) is 0. The molecule has 1 aliphatic heterocycles. The topological polar surface area (TPSA) is 21.3 Å². The van der Waals surface area contributed by atoms with Gasteiger partial charge in [-0.05, 0) is 50.3 Å². The third-order valence-electron chi connectivity index (χ3n) is 4.05. The molecule has 1 aliphatic carbocycles. The number of nitrogens with one attached hydrogen (secondary N) is 1. The van der Waals surface area contributed by atoms with E-state index in [4.69, 9.17) is 16.3 Å². The van der Waals surface area contributed by atoms with E-state index < -0.39 is 0 Å². The molecule has 1 N–H and O–H groups in total. The molecule has 1 atom stereocenters. The Kier molecular flexibility index (Phi) is 3.57. The van der Waals surface area contributed by atoms with E-state index in [9.17, 15) is 0 Å². The molecule has 1 aromatic rings. The molecule has 1 aromatic carbocycles. The highest BCUT2D eigenvalue weighted by Crippen LogP contribution is 2.43. The Morgan fingerprint density at radius 1 is 1.39 bits per heavy atom. The third kappa shape index (κ3) is 2.54. The first-order chi connectivity index (χ1) is 8.67. The number of halogens is 2.